The fraction of sp³-hybridized carbons (Fsp3) is 0.562. The van der Waals surface area contributed by atoms with Crippen molar-refractivity contribution in [2.75, 3.05) is 45.1 Å². The highest BCUT2D eigenvalue weighted by molar-refractivity contribution is 5.78. The van der Waals surface area contributed by atoms with Crippen LogP contribution in [0.5, 0.6) is 0 Å². The lowest BCUT2D eigenvalue weighted by molar-refractivity contribution is -0.131. The van der Waals surface area contributed by atoms with Gasteiger partial charge in [-0.25, -0.2) is 0 Å². The van der Waals surface area contributed by atoms with Gasteiger partial charge in [0.25, 0.3) is 0 Å². The molecule has 1 amide bonds. The average Bonchev–Trinajstić information content (AvgIpc) is 2.72. The van der Waals surface area contributed by atoms with Crippen molar-refractivity contribution >= 4 is 11.6 Å². The highest BCUT2D eigenvalue weighted by atomic mass is 16.2. The van der Waals surface area contributed by atoms with Crippen LogP contribution in [-0.2, 0) is 4.79 Å². The Labute approximate surface area is 120 Å². The molecule has 0 spiro atoms. The van der Waals surface area contributed by atoms with Gasteiger partial charge in [0.05, 0.1) is 0 Å². The first-order valence-corrected chi connectivity index (χ1v) is 7.53. The minimum atomic E-state index is 0.309. The molecule has 1 saturated heterocycles. The van der Waals surface area contributed by atoms with Crippen LogP contribution >= 0.6 is 0 Å². The summed E-state index contributed by atoms with van der Waals surface area (Å²) in [6, 6.07) is 8.34. The summed E-state index contributed by atoms with van der Waals surface area (Å²) >= 11 is 0. The maximum atomic E-state index is 12.5. The highest BCUT2D eigenvalue weighted by Gasteiger charge is 2.26. The molecule has 1 aromatic carbocycles. The van der Waals surface area contributed by atoms with Crippen LogP contribution in [0.3, 0.4) is 0 Å². The van der Waals surface area contributed by atoms with Crippen molar-refractivity contribution in [2.24, 2.45) is 0 Å². The van der Waals surface area contributed by atoms with Gasteiger partial charge in [0.2, 0.25) is 5.91 Å². The van der Waals surface area contributed by atoms with Crippen LogP contribution in [0, 0.1) is 0 Å². The molecule has 2 heterocycles. The van der Waals surface area contributed by atoms with E-state index < -0.39 is 0 Å². The third kappa shape index (κ3) is 2.80. The molecule has 3 rings (SSSR count). The molecular formula is C16H23N3O. The van der Waals surface area contributed by atoms with Crippen molar-refractivity contribution in [2.45, 2.75) is 18.8 Å². The lowest BCUT2D eigenvalue weighted by atomic mass is 9.97. The summed E-state index contributed by atoms with van der Waals surface area (Å²) in [7, 11) is 2.13. The predicted molar refractivity (Wildman–Crippen MR) is 81.0 cm³/mol. The van der Waals surface area contributed by atoms with Gasteiger partial charge in [0, 0.05) is 44.2 Å². The lowest BCUT2D eigenvalue weighted by Gasteiger charge is -2.22. The van der Waals surface area contributed by atoms with E-state index in [1.165, 1.54) is 11.3 Å². The van der Waals surface area contributed by atoms with E-state index in [0.29, 0.717) is 18.2 Å². The predicted octanol–water partition coefficient (Wildman–Crippen LogP) is 1.75. The second kappa shape index (κ2) is 5.83. The topological polar surface area (TPSA) is 35.6 Å². The first-order chi connectivity index (χ1) is 9.74. The summed E-state index contributed by atoms with van der Waals surface area (Å²) in [5.41, 5.74) is 2.49. The number of carbonyl (C=O) groups excluding carboxylic acids is 1. The first kappa shape index (κ1) is 13.4. The summed E-state index contributed by atoms with van der Waals surface area (Å²) in [5, 5.41) is 3.40. The number of anilines is 1. The number of hydrogen-bond donors (Lipinski definition) is 1. The summed E-state index contributed by atoms with van der Waals surface area (Å²) < 4.78 is 0. The van der Waals surface area contributed by atoms with Crippen LogP contribution in [0.2, 0.25) is 0 Å². The molecule has 4 heteroatoms. The minimum Gasteiger partial charge on any atom is -0.384 e. The number of likely N-dealkylation sites (N-methyl/N-ethyl adjacent to an activating group) is 1. The molecule has 0 aliphatic carbocycles. The van der Waals surface area contributed by atoms with Crippen LogP contribution in [0.1, 0.15) is 24.3 Å². The molecule has 108 valence electrons. The first-order valence-electron chi connectivity index (χ1n) is 7.53. The molecule has 0 bridgehead atoms. The van der Waals surface area contributed by atoms with Gasteiger partial charge < -0.3 is 15.1 Å². The third-order valence-electron chi connectivity index (χ3n) is 4.43. The van der Waals surface area contributed by atoms with E-state index in [4.69, 9.17) is 0 Å². The Bertz CT molecular complexity index is 488. The molecule has 0 radical (unpaired) electrons. The van der Waals surface area contributed by atoms with E-state index in [-0.39, 0.29) is 0 Å². The van der Waals surface area contributed by atoms with Crippen molar-refractivity contribution in [1.29, 1.82) is 0 Å². The van der Waals surface area contributed by atoms with Gasteiger partial charge in [0.15, 0.2) is 0 Å². The minimum absolute atomic E-state index is 0.309. The number of hydrogen-bond acceptors (Lipinski definition) is 3. The van der Waals surface area contributed by atoms with Gasteiger partial charge in [-0.2, -0.15) is 0 Å². The number of amides is 1. The molecule has 1 unspecified atom stereocenters. The molecular weight excluding hydrogens is 250 g/mol. The average molecular weight is 273 g/mol. The van der Waals surface area contributed by atoms with Crippen LogP contribution < -0.4 is 5.32 Å². The SMILES string of the molecule is CN1CCCN(C(=O)CC2CNc3ccccc32)CC1. The molecule has 1 N–H and O–H groups in total. The zero-order valence-corrected chi connectivity index (χ0v) is 12.1. The molecule has 0 aromatic heterocycles. The van der Waals surface area contributed by atoms with Gasteiger partial charge in [0.1, 0.15) is 0 Å². The van der Waals surface area contributed by atoms with Gasteiger partial charge in [-0.3, -0.25) is 4.79 Å². The van der Waals surface area contributed by atoms with Crippen molar-refractivity contribution in [3.05, 3.63) is 29.8 Å². The van der Waals surface area contributed by atoms with Crippen molar-refractivity contribution in [3.63, 3.8) is 0 Å². The van der Waals surface area contributed by atoms with Crippen molar-refractivity contribution in [3.8, 4) is 0 Å². The van der Waals surface area contributed by atoms with E-state index in [1.54, 1.807) is 0 Å². The summed E-state index contributed by atoms with van der Waals surface area (Å²) in [6.45, 7) is 4.75. The summed E-state index contributed by atoms with van der Waals surface area (Å²) in [4.78, 5) is 16.9. The molecule has 20 heavy (non-hydrogen) atoms. The van der Waals surface area contributed by atoms with Gasteiger partial charge in [-0.05, 0) is 31.6 Å². The fourth-order valence-corrected chi connectivity index (χ4v) is 3.18. The zero-order valence-electron chi connectivity index (χ0n) is 12.1. The number of fused-ring (bicyclic) bond motifs is 1. The molecule has 1 atom stereocenters. The second-order valence-electron chi connectivity index (χ2n) is 5.91. The normalized spacial score (nSPS) is 23.1. The standard InChI is InChI=1S/C16H23N3O/c1-18-7-4-8-19(10-9-18)16(20)11-13-12-17-15-6-3-2-5-14(13)15/h2-3,5-6,13,17H,4,7-12H2,1H3. The number of carbonyl (C=O) groups is 1. The van der Waals surface area contributed by atoms with Crippen LogP contribution in [0.4, 0.5) is 5.69 Å². The monoisotopic (exact) mass is 273 g/mol. The lowest BCUT2D eigenvalue weighted by Crippen LogP contribution is -2.35. The second-order valence-corrected chi connectivity index (χ2v) is 5.91. The quantitative estimate of drug-likeness (QED) is 0.891. The van der Waals surface area contributed by atoms with Gasteiger partial charge in [-0.1, -0.05) is 18.2 Å². The molecule has 2 aliphatic rings. The van der Waals surface area contributed by atoms with Gasteiger partial charge >= 0.3 is 0 Å². The Balaban J connectivity index is 1.62. The molecule has 1 fully saturated rings. The largest absolute Gasteiger partial charge is 0.384 e. The van der Waals surface area contributed by atoms with Crippen molar-refractivity contribution in [1.82, 2.24) is 9.80 Å². The van der Waals surface area contributed by atoms with Crippen LogP contribution in [0.15, 0.2) is 24.3 Å². The number of para-hydroxylation sites is 1. The van der Waals surface area contributed by atoms with Crippen LogP contribution in [0.25, 0.3) is 0 Å². The summed E-state index contributed by atoms with van der Waals surface area (Å²) in [6.07, 6.45) is 1.72. The zero-order chi connectivity index (χ0) is 13.9. The van der Waals surface area contributed by atoms with Gasteiger partial charge in [-0.15, -0.1) is 0 Å². The Morgan fingerprint density at radius 2 is 2.10 bits per heavy atom. The number of rotatable bonds is 2. The number of nitrogens with zero attached hydrogens (tertiary/aromatic N) is 2. The van der Waals surface area contributed by atoms with E-state index in [0.717, 1.165) is 39.1 Å². The van der Waals surface area contributed by atoms with E-state index >= 15 is 0 Å². The third-order valence-corrected chi connectivity index (χ3v) is 4.43. The Hall–Kier alpha value is -1.55. The highest BCUT2D eigenvalue weighted by Crippen LogP contribution is 2.33. The Morgan fingerprint density at radius 1 is 1.25 bits per heavy atom. The number of benzene rings is 1. The van der Waals surface area contributed by atoms with Crippen molar-refractivity contribution < 1.29 is 4.79 Å². The molecule has 4 nitrogen and oxygen atoms in total. The Morgan fingerprint density at radius 3 is 3.00 bits per heavy atom. The molecule has 1 aromatic rings. The molecule has 0 saturated carbocycles. The Kier molecular flexibility index (Phi) is 3.92. The number of nitrogens with one attached hydrogen (secondary N) is 1. The van der Waals surface area contributed by atoms with E-state index in [1.807, 2.05) is 11.0 Å². The smallest absolute Gasteiger partial charge is 0.223 e. The maximum absolute atomic E-state index is 12.5. The fourth-order valence-electron chi connectivity index (χ4n) is 3.18. The van der Waals surface area contributed by atoms with Crippen LogP contribution in [-0.4, -0.2) is 55.5 Å². The van der Waals surface area contributed by atoms with E-state index in [2.05, 4.69) is 35.5 Å². The van der Waals surface area contributed by atoms with E-state index in [9.17, 15) is 4.79 Å². The maximum Gasteiger partial charge on any atom is 0.223 e. The summed E-state index contributed by atoms with van der Waals surface area (Å²) in [5.74, 6) is 0.642. The molecule has 2 aliphatic heterocycles.